The summed E-state index contributed by atoms with van der Waals surface area (Å²) in [5, 5.41) is 7.85. The Bertz CT molecular complexity index is 394. The molecule has 2 heterocycles. The van der Waals surface area contributed by atoms with Gasteiger partial charge in [0.2, 0.25) is 0 Å². The van der Waals surface area contributed by atoms with Crippen LogP contribution in [0.2, 0.25) is 0 Å². The Hall–Kier alpha value is -0.931. The monoisotopic (exact) mass is 213 g/mol. The van der Waals surface area contributed by atoms with Crippen molar-refractivity contribution in [3.63, 3.8) is 0 Å². The number of hydrogen-bond acceptors (Lipinski definition) is 3. The van der Waals surface area contributed by atoms with Gasteiger partial charge in [-0.15, -0.1) is 0 Å². The first-order chi connectivity index (χ1) is 5.29. The van der Waals surface area contributed by atoms with Crippen LogP contribution in [0.1, 0.15) is 5.82 Å². The normalized spacial score (nSPS) is 10.6. The summed E-state index contributed by atoms with van der Waals surface area (Å²) in [6, 6.07) is 0. The summed E-state index contributed by atoms with van der Waals surface area (Å²) >= 11 is 2.82. The minimum atomic E-state index is 0.782. The third-order valence-electron chi connectivity index (χ3n) is 1.47. The van der Waals surface area contributed by atoms with Crippen LogP contribution in [0.15, 0.2) is 12.4 Å². The molecule has 0 aliphatic heterocycles. The van der Waals surface area contributed by atoms with Crippen LogP contribution in [0, 0.1) is 6.92 Å². The Labute approximate surface area is 71.5 Å². The Morgan fingerprint density at radius 1 is 1.45 bits per heavy atom. The summed E-state index contributed by atoms with van der Waals surface area (Å²) in [6.07, 6.45) is 3.56. The van der Waals surface area contributed by atoms with Gasteiger partial charge in [-0.3, -0.25) is 0 Å². The predicted octanol–water partition coefficient (Wildman–Crippen LogP) is -0.773. The Balaban J connectivity index is 2.94. The van der Waals surface area contributed by atoms with Crippen LogP contribution >= 0.6 is 0 Å². The molecule has 0 saturated heterocycles. The van der Waals surface area contributed by atoms with Gasteiger partial charge < -0.3 is 0 Å². The van der Waals surface area contributed by atoms with Crippen LogP contribution in [0.4, 0.5) is 0 Å². The minimum absolute atomic E-state index is 0.782. The fourth-order valence-electron chi connectivity index (χ4n) is 0.919. The van der Waals surface area contributed by atoms with Crippen molar-refractivity contribution in [2.24, 2.45) is 0 Å². The summed E-state index contributed by atoms with van der Waals surface area (Å²) < 4.78 is 2.67. The fraction of sp³-hybridized carbons (Fsp3) is 0.167. The van der Waals surface area contributed by atoms with Crippen molar-refractivity contribution in [2.75, 3.05) is 0 Å². The third-order valence-corrected chi connectivity index (χ3v) is 2.07. The molecule has 2 aromatic rings. The Kier molecular flexibility index (Phi) is 1.41. The van der Waals surface area contributed by atoms with Gasteiger partial charge in [0.05, 0.1) is 0 Å². The maximum atomic E-state index is 4.04. The van der Waals surface area contributed by atoms with Crippen molar-refractivity contribution in [1.29, 1.82) is 0 Å². The molecule has 1 radical (unpaired) electrons. The van der Waals surface area contributed by atoms with E-state index < -0.39 is 0 Å². The number of aryl methyl sites for hydroxylation is 1. The van der Waals surface area contributed by atoms with E-state index in [2.05, 4.69) is 31.2 Å². The van der Waals surface area contributed by atoms with Gasteiger partial charge in [-0.25, -0.2) is 0 Å². The molecule has 0 N–H and O–H groups in total. The molecule has 0 atom stereocenters. The molecule has 55 valence electrons. The second-order valence-corrected chi connectivity index (χ2v) is 2.98. The Morgan fingerprint density at radius 3 is 3.00 bits per heavy atom. The quantitative estimate of drug-likeness (QED) is 0.538. The van der Waals surface area contributed by atoms with E-state index in [0.717, 1.165) is 16.1 Å². The molecule has 5 heteroatoms. The van der Waals surface area contributed by atoms with Gasteiger partial charge in [-0.05, 0) is 0 Å². The van der Waals surface area contributed by atoms with E-state index in [1.165, 1.54) is 0 Å². The molecule has 0 amide bonds. The molecule has 11 heavy (non-hydrogen) atoms. The van der Waals surface area contributed by atoms with Crippen molar-refractivity contribution in [1.82, 2.24) is 19.6 Å². The number of aromatic nitrogens is 4. The zero-order valence-electron chi connectivity index (χ0n) is 5.85. The van der Waals surface area contributed by atoms with E-state index in [4.69, 9.17) is 0 Å². The van der Waals surface area contributed by atoms with E-state index in [9.17, 15) is 0 Å². The second-order valence-electron chi connectivity index (χ2n) is 2.17. The summed E-state index contributed by atoms with van der Waals surface area (Å²) in [5.74, 6) is 0.874. The van der Waals surface area contributed by atoms with Crippen molar-refractivity contribution >= 4 is 26.3 Å². The number of rotatable bonds is 0. The van der Waals surface area contributed by atoms with Crippen LogP contribution in [-0.4, -0.2) is 35.6 Å². The zero-order valence-corrected chi connectivity index (χ0v) is 7.56. The van der Waals surface area contributed by atoms with Crippen molar-refractivity contribution < 1.29 is 0 Å². The first kappa shape index (κ1) is 6.76. The average Bonchev–Trinajstić information content (AvgIpc) is 2.35. The molecule has 0 aromatic carbocycles. The van der Waals surface area contributed by atoms with E-state index >= 15 is 0 Å². The first-order valence-corrected chi connectivity index (χ1v) is 3.98. The molecule has 2 aromatic heterocycles. The van der Waals surface area contributed by atoms with E-state index in [-0.39, 0.29) is 0 Å². The second kappa shape index (κ2) is 2.29. The first-order valence-electron chi connectivity index (χ1n) is 3.12. The molecule has 0 spiro atoms. The van der Waals surface area contributed by atoms with Crippen LogP contribution in [-0.2, 0) is 0 Å². The molecule has 0 aliphatic carbocycles. The topological polar surface area (TPSA) is 43.1 Å². The molecule has 0 bridgehead atoms. The number of fused-ring (bicyclic) bond motifs is 1. The molecule has 0 aliphatic rings. The van der Waals surface area contributed by atoms with Crippen LogP contribution in [0.5, 0.6) is 0 Å². The molecule has 0 unspecified atom stereocenters. The van der Waals surface area contributed by atoms with E-state index in [1.54, 1.807) is 6.20 Å². The van der Waals surface area contributed by atoms with Gasteiger partial charge in [0.15, 0.2) is 0 Å². The molecule has 2 rings (SSSR count). The summed E-state index contributed by atoms with van der Waals surface area (Å²) in [5.41, 5.74) is 0.782. The van der Waals surface area contributed by atoms with E-state index in [0.29, 0.717) is 0 Å². The average molecular weight is 212 g/mol. The number of nitrogens with zero attached hydrogens (tertiary/aromatic N) is 4. The Morgan fingerprint density at radius 2 is 2.27 bits per heavy atom. The van der Waals surface area contributed by atoms with Gasteiger partial charge in [-0.2, -0.15) is 0 Å². The standard InChI is InChI=1S/C6H5N4Se/c1-4-8-9-5-6(11)7-2-3-10(4)5/h2-3H,1H3. The number of hydrogen-bond donors (Lipinski definition) is 0. The van der Waals surface area contributed by atoms with Gasteiger partial charge in [0.1, 0.15) is 0 Å². The summed E-state index contributed by atoms with van der Waals surface area (Å²) in [6.45, 7) is 1.90. The summed E-state index contributed by atoms with van der Waals surface area (Å²) in [4.78, 5) is 4.04. The fourth-order valence-corrected chi connectivity index (χ4v) is 1.34. The molecule has 0 saturated carbocycles. The molecular weight excluding hydrogens is 207 g/mol. The SMILES string of the molecule is Cc1nnc2c([Se])nccn12. The maximum absolute atomic E-state index is 4.04. The summed E-state index contributed by atoms with van der Waals surface area (Å²) in [7, 11) is 0. The molecule has 4 nitrogen and oxygen atoms in total. The van der Waals surface area contributed by atoms with E-state index in [1.807, 2.05) is 17.5 Å². The molecular formula is C6H5N4Se. The zero-order chi connectivity index (χ0) is 7.84. The van der Waals surface area contributed by atoms with Crippen LogP contribution < -0.4 is 4.59 Å². The predicted molar refractivity (Wildman–Crippen MR) is 40.9 cm³/mol. The van der Waals surface area contributed by atoms with Gasteiger partial charge in [-0.1, -0.05) is 0 Å². The molecule has 0 fully saturated rings. The van der Waals surface area contributed by atoms with Crippen molar-refractivity contribution in [2.45, 2.75) is 6.92 Å². The van der Waals surface area contributed by atoms with Crippen LogP contribution in [0.25, 0.3) is 5.65 Å². The van der Waals surface area contributed by atoms with Crippen LogP contribution in [0.3, 0.4) is 0 Å². The van der Waals surface area contributed by atoms with Crippen molar-refractivity contribution in [3.8, 4) is 0 Å². The van der Waals surface area contributed by atoms with Gasteiger partial charge in [0.25, 0.3) is 0 Å². The third kappa shape index (κ3) is 0.931. The van der Waals surface area contributed by atoms with Crippen molar-refractivity contribution in [3.05, 3.63) is 18.2 Å². The van der Waals surface area contributed by atoms with Gasteiger partial charge >= 0.3 is 71.0 Å². The van der Waals surface area contributed by atoms with Gasteiger partial charge in [0, 0.05) is 0 Å².